The van der Waals surface area contributed by atoms with E-state index in [0.717, 1.165) is 13.3 Å². The Labute approximate surface area is 155 Å². The fourth-order valence-electron chi connectivity index (χ4n) is 1.98. The normalized spacial score (nSPS) is 11.3. The Morgan fingerprint density at radius 3 is 2.54 bits per heavy atom. The van der Waals surface area contributed by atoms with Crippen molar-refractivity contribution >= 4 is 39.2 Å². The number of carbonyl (C=O) groups excluding carboxylic acids is 1. The topological polar surface area (TPSA) is 104 Å². The molecule has 13 heteroatoms. The lowest BCUT2D eigenvalue weighted by Crippen LogP contribution is -2.28. The van der Waals surface area contributed by atoms with Gasteiger partial charge in [0.1, 0.15) is 10.3 Å². The fourth-order valence-corrected chi connectivity index (χ4v) is 2.67. The van der Waals surface area contributed by atoms with E-state index in [1.807, 2.05) is 0 Å². The molecule has 2 aromatic rings. The van der Waals surface area contributed by atoms with E-state index in [9.17, 15) is 32.9 Å². The predicted octanol–water partition coefficient (Wildman–Crippen LogP) is 3.36. The molecule has 1 aromatic carbocycles. The van der Waals surface area contributed by atoms with Crippen LogP contribution < -0.4 is 5.56 Å². The van der Waals surface area contributed by atoms with Crippen LogP contribution >= 0.6 is 27.5 Å². The van der Waals surface area contributed by atoms with Crippen LogP contribution in [0, 0.1) is 10.1 Å². The van der Waals surface area contributed by atoms with E-state index >= 15 is 0 Å². The molecule has 0 aliphatic rings. The van der Waals surface area contributed by atoms with E-state index in [2.05, 4.69) is 25.7 Å². The van der Waals surface area contributed by atoms with Gasteiger partial charge in [0.05, 0.1) is 22.6 Å². The van der Waals surface area contributed by atoms with Crippen LogP contribution in [-0.2, 0) is 10.9 Å². The lowest BCUT2D eigenvalue weighted by atomic mass is 10.1. The molecule has 0 aliphatic carbocycles. The zero-order chi connectivity index (χ0) is 19.8. The van der Waals surface area contributed by atoms with Gasteiger partial charge in [-0.25, -0.2) is 9.78 Å². The first-order valence-electron chi connectivity index (χ1n) is 6.40. The molecule has 0 unspecified atom stereocenters. The number of carbonyl (C=O) groups is 1. The third kappa shape index (κ3) is 3.70. The number of hydrogen-bond acceptors (Lipinski definition) is 6. The van der Waals surface area contributed by atoms with Gasteiger partial charge in [0, 0.05) is 12.3 Å². The third-order valence-electron chi connectivity index (χ3n) is 3.06. The Bertz CT molecular complexity index is 977. The highest BCUT2D eigenvalue weighted by atomic mass is 79.9. The summed E-state index contributed by atoms with van der Waals surface area (Å²) in [6.45, 7) is 0. The zero-order valence-electron chi connectivity index (χ0n) is 12.5. The van der Waals surface area contributed by atoms with Crippen LogP contribution in [0.3, 0.4) is 0 Å². The second-order valence-electron chi connectivity index (χ2n) is 4.66. The molecule has 0 radical (unpaired) electrons. The molecular formula is C13H6BrClF3N3O5. The van der Waals surface area contributed by atoms with E-state index in [1.54, 1.807) is 0 Å². The van der Waals surface area contributed by atoms with Crippen LogP contribution in [0.5, 0.6) is 0 Å². The van der Waals surface area contributed by atoms with Crippen LogP contribution in [0.2, 0.25) is 5.02 Å². The van der Waals surface area contributed by atoms with E-state index in [1.165, 1.54) is 0 Å². The number of nitro groups is 1. The minimum atomic E-state index is -4.89. The summed E-state index contributed by atoms with van der Waals surface area (Å²) in [6, 6.07) is 0.669. The highest BCUT2D eigenvalue weighted by Crippen LogP contribution is 2.38. The van der Waals surface area contributed by atoms with Gasteiger partial charge < -0.3 is 4.74 Å². The number of hydrogen-bond donors (Lipinski definition) is 0. The number of nitro benzene ring substituents is 1. The van der Waals surface area contributed by atoms with Gasteiger partial charge in [0.15, 0.2) is 0 Å². The second-order valence-corrected chi connectivity index (χ2v) is 5.88. The molecule has 1 aromatic heterocycles. The van der Waals surface area contributed by atoms with Crippen LogP contribution in [0.25, 0.3) is 5.69 Å². The molecule has 0 spiro atoms. The van der Waals surface area contributed by atoms with Crippen molar-refractivity contribution < 1.29 is 27.6 Å². The molecule has 26 heavy (non-hydrogen) atoms. The molecule has 0 atom stereocenters. The summed E-state index contributed by atoms with van der Waals surface area (Å²) in [5.74, 6) is -1.14. The lowest BCUT2D eigenvalue weighted by Gasteiger charge is -2.13. The minimum Gasteiger partial charge on any atom is -0.464 e. The Morgan fingerprint density at radius 2 is 2.04 bits per heavy atom. The maximum Gasteiger partial charge on any atom is 0.416 e. The molecule has 2 rings (SSSR count). The standard InChI is InChI=1S/C13H6BrClF3N3O5/c1-26-12(23)9-11(22)20(4-8(14)19-9)10-6(15)2-5(13(16,17)18)3-7(10)21(24)25/h2-4H,1H3. The quantitative estimate of drug-likeness (QED) is 0.398. The van der Waals surface area contributed by atoms with Crippen molar-refractivity contribution in [3.8, 4) is 5.69 Å². The van der Waals surface area contributed by atoms with Gasteiger partial charge >= 0.3 is 12.1 Å². The first kappa shape index (κ1) is 19.8. The lowest BCUT2D eigenvalue weighted by molar-refractivity contribution is -0.384. The van der Waals surface area contributed by atoms with Crippen LogP contribution in [0.4, 0.5) is 18.9 Å². The van der Waals surface area contributed by atoms with Gasteiger partial charge in [-0.2, -0.15) is 13.2 Å². The largest absolute Gasteiger partial charge is 0.464 e. The van der Waals surface area contributed by atoms with Crippen LogP contribution in [-0.4, -0.2) is 27.6 Å². The number of aromatic nitrogens is 2. The van der Waals surface area contributed by atoms with Crippen molar-refractivity contribution in [3.05, 3.63) is 59.7 Å². The smallest absolute Gasteiger partial charge is 0.416 e. The van der Waals surface area contributed by atoms with Crippen LogP contribution in [0.1, 0.15) is 16.1 Å². The fraction of sp³-hybridized carbons (Fsp3) is 0.154. The average Bonchev–Trinajstić information content (AvgIpc) is 2.54. The molecule has 0 saturated carbocycles. The van der Waals surface area contributed by atoms with Crippen molar-refractivity contribution in [2.75, 3.05) is 7.11 Å². The van der Waals surface area contributed by atoms with Gasteiger partial charge in [0.25, 0.3) is 11.2 Å². The van der Waals surface area contributed by atoms with E-state index < -0.39 is 50.3 Å². The maximum absolute atomic E-state index is 12.9. The van der Waals surface area contributed by atoms with Gasteiger partial charge in [0.2, 0.25) is 5.69 Å². The van der Waals surface area contributed by atoms with Crippen LogP contribution in [0.15, 0.2) is 27.7 Å². The summed E-state index contributed by atoms with van der Waals surface area (Å²) in [7, 11) is 0.974. The zero-order valence-corrected chi connectivity index (χ0v) is 14.8. The third-order valence-corrected chi connectivity index (χ3v) is 3.73. The highest BCUT2D eigenvalue weighted by Gasteiger charge is 2.35. The molecule has 0 aliphatic heterocycles. The highest BCUT2D eigenvalue weighted by molar-refractivity contribution is 9.10. The molecule has 0 bridgehead atoms. The summed E-state index contributed by atoms with van der Waals surface area (Å²) in [5.41, 5.74) is -5.01. The number of halogens is 5. The number of methoxy groups -OCH3 is 1. The average molecular weight is 457 g/mol. The number of rotatable bonds is 3. The molecule has 0 N–H and O–H groups in total. The van der Waals surface area contributed by atoms with Crippen molar-refractivity contribution in [2.24, 2.45) is 0 Å². The van der Waals surface area contributed by atoms with Crippen molar-refractivity contribution in [3.63, 3.8) is 0 Å². The number of nitrogens with zero attached hydrogens (tertiary/aromatic N) is 3. The summed E-state index contributed by atoms with van der Waals surface area (Å²) in [6.07, 6.45) is -3.97. The minimum absolute atomic E-state index is 0.109. The predicted molar refractivity (Wildman–Crippen MR) is 85.5 cm³/mol. The van der Waals surface area contributed by atoms with Crippen molar-refractivity contribution in [1.29, 1.82) is 0 Å². The number of ether oxygens (including phenoxy) is 1. The summed E-state index contributed by atoms with van der Waals surface area (Å²) in [5, 5.41) is 10.5. The molecule has 1 heterocycles. The Balaban J connectivity index is 2.89. The van der Waals surface area contributed by atoms with Gasteiger partial charge in [-0.1, -0.05) is 11.6 Å². The maximum atomic E-state index is 12.9. The number of esters is 1. The van der Waals surface area contributed by atoms with E-state index in [-0.39, 0.29) is 10.7 Å². The molecule has 138 valence electrons. The summed E-state index contributed by atoms with van der Waals surface area (Å²) in [4.78, 5) is 37.8. The monoisotopic (exact) mass is 455 g/mol. The molecule has 8 nitrogen and oxygen atoms in total. The van der Waals surface area contributed by atoms with Crippen molar-refractivity contribution in [1.82, 2.24) is 9.55 Å². The Hall–Kier alpha value is -2.47. The van der Waals surface area contributed by atoms with Crippen molar-refractivity contribution in [2.45, 2.75) is 6.18 Å². The Kier molecular flexibility index (Phi) is 5.37. The Morgan fingerprint density at radius 1 is 1.42 bits per heavy atom. The summed E-state index contributed by atoms with van der Waals surface area (Å²) < 4.78 is 43.4. The SMILES string of the molecule is COC(=O)c1nc(Br)cn(-c2c(Cl)cc(C(F)(F)F)cc2[N+](=O)[O-])c1=O. The van der Waals surface area contributed by atoms with Gasteiger partial charge in [-0.15, -0.1) is 0 Å². The summed E-state index contributed by atoms with van der Waals surface area (Å²) >= 11 is 8.70. The van der Waals surface area contributed by atoms with Gasteiger partial charge in [-0.05, 0) is 22.0 Å². The second kappa shape index (κ2) is 7.03. The molecule has 0 fully saturated rings. The van der Waals surface area contributed by atoms with E-state index in [0.29, 0.717) is 10.6 Å². The number of benzene rings is 1. The molecular weight excluding hydrogens is 451 g/mol. The number of alkyl halides is 3. The molecule has 0 amide bonds. The van der Waals surface area contributed by atoms with Gasteiger partial charge in [-0.3, -0.25) is 19.5 Å². The first-order valence-corrected chi connectivity index (χ1v) is 7.57. The van der Waals surface area contributed by atoms with E-state index in [4.69, 9.17) is 11.6 Å². The first-order chi connectivity index (χ1) is 12.0. The molecule has 0 saturated heterocycles.